The van der Waals surface area contributed by atoms with Crippen LogP contribution in [0.2, 0.25) is 95.7 Å². The van der Waals surface area contributed by atoms with Crippen LogP contribution in [0, 0.1) is 5.92 Å². The SMILES string of the molecule is C[SiH](C)O[Si](CCCCCCCC[Si](C)(C)CCCCCCCC[Si](C)(C)CCCCCCCCCCCS(=O)CC1CCCCC1)(O[SiH](C)C)O[SiH](C)C. The van der Waals surface area contributed by atoms with E-state index in [9.17, 15) is 4.21 Å². The first kappa shape index (κ1) is 54.3. The van der Waals surface area contributed by atoms with Crippen LogP contribution in [0.5, 0.6) is 0 Å². The Morgan fingerprint density at radius 2 is 0.727 bits per heavy atom. The summed E-state index contributed by atoms with van der Waals surface area (Å²) in [6.07, 6.45) is 36.3. The first-order valence-corrected chi connectivity index (χ1v) is 43.1. The van der Waals surface area contributed by atoms with Crippen LogP contribution >= 0.6 is 0 Å². The van der Waals surface area contributed by atoms with Crippen molar-refractivity contribution < 1.29 is 16.6 Å². The average Bonchev–Trinajstić information content (AvgIpc) is 3.09. The van der Waals surface area contributed by atoms with Crippen LogP contribution in [0.3, 0.4) is 0 Å². The largest absolute Gasteiger partial charge is 0.468 e. The molecule has 0 saturated heterocycles. The summed E-state index contributed by atoms with van der Waals surface area (Å²) < 4.78 is 32.1. The molecule has 1 saturated carbocycles. The zero-order chi connectivity index (χ0) is 40.8. The second-order valence-corrected chi connectivity index (χ2v) is 43.8. The molecule has 0 amide bonds. The molecule has 1 atom stereocenters. The second-order valence-electron chi connectivity index (χ2n) is 20.5. The van der Waals surface area contributed by atoms with Crippen LogP contribution in [0.15, 0.2) is 0 Å². The molecule has 1 aliphatic carbocycles. The third-order valence-electron chi connectivity index (χ3n) is 12.2. The highest BCUT2D eigenvalue weighted by Crippen LogP contribution is 2.28. The van der Waals surface area contributed by atoms with Crippen molar-refractivity contribution >= 4 is 62.9 Å². The van der Waals surface area contributed by atoms with Gasteiger partial charge in [0.2, 0.25) is 0 Å². The average molecular weight is 894 g/mol. The molecule has 0 spiro atoms. The minimum absolute atomic E-state index is 0.552. The van der Waals surface area contributed by atoms with E-state index >= 15 is 0 Å². The van der Waals surface area contributed by atoms with Crippen LogP contribution in [0.25, 0.3) is 0 Å². The van der Waals surface area contributed by atoms with E-state index in [4.69, 9.17) is 12.3 Å². The smallest absolute Gasteiger partial charge is 0.420 e. The van der Waals surface area contributed by atoms with E-state index in [-0.39, 0.29) is 0 Å². The molecule has 0 bridgehead atoms. The highest BCUT2D eigenvalue weighted by molar-refractivity contribution is 7.84. The molecule has 0 radical (unpaired) electrons. The van der Waals surface area contributed by atoms with Gasteiger partial charge in [-0.1, -0.05) is 192 Å². The summed E-state index contributed by atoms with van der Waals surface area (Å²) in [6.45, 7) is 24.3. The van der Waals surface area contributed by atoms with Crippen molar-refractivity contribution in [3.63, 3.8) is 0 Å². The minimum atomic E-state index is -2.45. The summed E-state index contributed by atoms with van der Waals surface area (Å²) in [6, 6.07) is 7.21. The van der Waals surface area contributed by atoms with Gasteiger partial charge in [0, 0.05) is 44.5 Å². The monoisotopic (exact) mass is 893 g/mol. The quantitative estimate of drug-likeness (QED) is 0.0458. The van der Waals surface area contributed by atoms with Crippen LogP contribution in [-0.2, 0) is 23.1 Å². The van der Waals surface area contributed by atoms with Gasteiger partial charge in [-0.3, -0.25) is 4.21 Å². The van der Waals surface area contributed by atoms with E-state index in [1.54, 1.807) is 18.1 Å². The number of hydrogen-bond donors (Lipinski definition) is 0. The van der Waals surface area contributed by atoms with Crippen molar-refractivity contribution in [1.29, 1.82) is 0 Å². The molecule has 330 valence electrons. The Balaban J connectivity index is 1.96. The predicted octanol–water partition coefficient (Wildman–Crippen LogP) is 14.9. The van der Waals surface area contributed by atoms with E-state index in [1.165, 1.54) is 173 Å². The van der Waals surface area contributed by atoms with Crippen LogP contribution < -0.4 is 0 Å². The Kier molecular flexibility index (Phi) is 32.6. The van der Waals surface area contributed by atoms with Gasteiger partial charge in [0.1, 0.15) is 0 Å². The normalized spacial score (nSPS) is 15.6. The van der Waals surface area contributed by atoms with Gasteiger partial charge >= 0.3 is 8.80 Å². The van der Waals surface area contributed by atoms with Gasteiger partial charge in [0.25, 0.3) is 0 Å². The molecule has 55 heavy (non-hydrogen) atoms. The standard InChI is InChI=1S/C44H100O4SSi6/c1-50(2)46-55(47-51(3)4,48-52(5)6)42-34-25-19-18-24-33-41-54(9,10)40-32-23-17-16-22-31-39-53(7,8)38-30-21-15-13-11-12-14-20-29-37-49(45)43-44-35-27-26-28-36-44/h44,50-52H,11-43H2,1-10H3. The third kappa shape index (κ3) is 32.7. The molecule has 0 aromatic carbocycles. The van der Waals surface area contributed by atoms with E-state index in [2.05, 4.69) is 65.5 Å². The molecule has 0 aliphatic heterocycles. The fourth-order valence-electron chi connectivity index (χ4n) is 8.96. The van der Waals surface area contributed by atoms with Crippen LogP contribution in [-0.4, -0.2) is 67.8 Å². The van der Waals surface area contributed by atoms with Gasteiger partial charge in [-0.25, -0.2) is 0 Å². The van der Waals surface area contributed by atoms with Gasteiger partial charge in [-0.05, 0) is 70.9 Å². The summed E-state index contributed by atoms with van der Waals surface area (Å²) in [5.74, 6) is 2.72. The predicted molar refractivity (Wildman–Crippen MR) is 266 cm³/mol. The molecule has 0 aromatic heterocycles. The van der Waals surface area contributed by atoms with E-state index in [0.29, 0.717) is 0 Å². The fraction of sp³-hybridized carbons (Fsp3) is 1.00. The molecule has 0 aromatic rings. The molecular weight excluding hydrogens is 793 g/mol. The summed E-state index contributed by atoms with van der Waals surface area (Å²) in [5, 5.41) is 0. The highest BCUT2D eigenvalue weighted by Gasteiger charge is 2.42. The zero-order valence-corrected chi connectivity index (χ0v) is 46.5. The maximum Gasteiger partial charge on any atom is 0.468 e. The molecule has 4 nitrogen and oxygen atoms in total. The van der Waals surface area contributed by atoms with E-state index in [0.717, 1.165) is 23.5 Å². The molecule has 11 heteroatoms. The van der Waals surface area contributed by atoms with Gasteiger partial charge in [0.15, 0.2) is 27.1 Å². The van der Waals surface area contributed by atoms with E-state index in [1.807, 2.05) is 0 Å². The lowest BCUT2D eigenvalue weighted by molar-refractivity contribution is 0.266. The number of rotatable bonds is 38. The summed E-state index contributed by atoms with van der Waals surface area (Å²) >= 11 is 0. The minimum Gasteiger partial charge on any atom is -0.420 e. The van der Waals surface area contributed by atoms with Crippen molar-refractivity contribution in [1.82, 2.24) is 0 Å². The Morgan fingerprint density at radius 3 is 1.05 bits per heavy atom. The third-order valence-corrected chi connectivity index (χ3v) is 31.5. The lowest BCUT2D eigenvalue weighted by atomic mass is 9.91. The van der Waals surface area contributed by atoms with Gasteiger partial charge in [0.05, 0.1) is 0 Å². The zero-order valence-electron chi connectivity index (χ0n) is 39.2. The summed E-state index contributed by atoms with van der Waals surface area (Å²) in [7, 11) is -8.58. The Morgan fingerprint density at radius 1 is 0.436 bits per heavy atom. The van der Waals surface area contributed by atoms with Crippen molar-refractivity contribution in [2.75, 3.05) is 11.5 Å². The van der Waals surface area contributed by atoms with E-state index < -0.39 is 62.9 Å². The molecule has 1 unspecified atom stereocenters. The lowest BCUT2D eigenvalue weighted by Crippen LogP contribution is -2.53. The summed E-state index contributed by atoms with van der Waals surface area (Å²) in [4.78, 5) is 0. The summed E-state index contributed by atoms with van der Waals surface area (Å²) in [5.41, 5.74) is 0. The first-order valence-electron chi connectivity index (χ1n) is 24.5. The molecular formula is C44H100O4SSi6. The van der Waals surface area contributed by atoms with Crippen molar-refractivity contribution in [2.24, 2.45) is 5.92 Å². The lowest BCUT2D eigenvalue weighted by Gasteiger charge is -2.35. The van der Waals surface area contributed by atoms with Crippen molar-refractivity contribution in [3.05, 3.63) is 0 Å². The molecule has 1 rings (SSSR count). The van der Waals surface area contributed by atoms with Gasteiger partial charge in [-0.15, -0.1) is 0 Å². The van der Waals surface area contributed by atoms with Gasteiger partial charge in [-0.2, -0.15) is 0 Å². The molecule has 1 fully saturated rings. The second kappa shape index (κ2) is 33.0. The maximum absolute atomic E-state index is 12.4. The van der Waals surface area contributed by atoms with Crippen LogP contribution in [0.1, 0.15) is 167 Å². The fourth-order valence-corrected chi connectivity index (χ4v) is 28.7. The number of unbranched alkanes of at least 4 members (excludes halogenated alkanes) is 18. The number of hydrogen-bond acceptors (Lipinski definition) is 4. The van der Waals surface area contributed by atoms with Crippen LogP contribution in [0.4, 0.5) is 0 Å². The molecule has 0 N–H and O–H groups in total. The highest BCUT2D eigenvalue weighted by atomic mass is 32.2. The Bertz CT molecular complexity index is 890. The Hall–Kier alpha value is 1.33. The first-order chi connectivity index (χ1) is 26.1. The van der Waals surface area contributed by atoms with Crippen molar-refractivity contribution in [2.45, 2.75) is 263 Å². The topological polar surface area (TPSA) is 44.8 Å². The van der Waals surface area contributed by atoms with Crippen molar-refractivity contribution in [3.8, 4) is 0 Å². The molecule has 0 heterocycles. The maximum atomic E-state index is 12.4. The Labute approximate surface area is 357 Å². The molecule has 1 aliphatic rings. The van der Waals surface area contributed by atoms with Gasteiger partial charge < -0.3 is 12.3 Å².